The van der Waals surface area contributed by atoms with E-state index in [9.17, 15) is 9.90 Å². The summed E-state index contributed by atoms with van der Waals surface area (Å²) >= 11 is 0. The van der Waals surface area contributed by atoms with Gasteiger partial charge in [-0.2, -0.15) is 0 Å². The van der Waals surface area contributed by atoms with Crippen molar-refractivity contribution in [1.29, 1.82) is 0 Å². The number of carboxylic acid groups (broad SMARTS) is 1. The minimum atomic E-state index is -0.916. The zero-order chi connectivity index (χ0) is 23.3. The lowest BCUT2D eigenvalue weighted by Crippen LogP contribution is -2.54. The Kier molecular flexibility index (Phi) is 6.11. The van der Waals surface area contributed by atoms with Gasteiger partial charge in [-0.1, -0.05) is 18.2 Å². The Balaban J connectivity index is 1.20. The first-order valence-corrected chi connectivity index (χ1v) is 11.0. The van der Waals surface area contributed by atoms with Crippen molar-refractivity contribution in [2.45, 2.75) is 19.3 Å². The molecule has 0 aliphatic carbocycles. The third-order valence-corrected chi connectivity index (χ3v) is 5.71. The minimum Gasteiger partial charge on any atom is -0.487 e. The van der Waals surface area contributed by atoms with Gasteiger partial charge in [-0.05, 0) is 48.0 Å². The molecule has 0 amide bonds. The molecule has 0 atom stereocenters. The molecule has 4 aromatic rings. The molecular formula is C26H24N4O4. The fraction of sp³-hybridized carbons (Fsp3) is 0.192. The van der Waals surface area contributed by atoms with E-state index in [4.69, 9.17) is 9.47 Å². The highest BCUT2D eigenvalue weighted by Gasteiger charge is 2.31. The van der Waals surface area contributed by atoms with Crippen LogP contribution in [0.5, 0.6) is 11.8 Å². The number of rotatable bonds is 9. The quantitative estimate of drug-likeness (QED) is 0.409. The van der Waals surface area contributed by atoms with Gasteiger partial charge in [0.1, 0.15) is 18.5 Å². The molecule has 1 aliphatic rings. The van der Waals surface area contributed by atoms with E-state index in [0.717, 1.165) is 22.6 Å². The van der Waals surface area contributed by atoms with Gasteiger partial charge < -0.3 is 24.0 Å². The van der Waals surface area contributed by atoms with E-state index in [1.807, 2.05) is 59.4 Å². The molecule has 1 fully saturated rings. The normalized spacial score (nSPS) is 13.4. The summed E-state index contributed by atoms with van der Waals surface area (Å²) in [7, 11) is 0. The molecule has 0 bridgehead atoms. The van der Waals surface area contributed by atoms with E-state index in [0.29, 0.717) is 37.8 Å². The SMILES string of the molecule is O=C(O)c1cccc(N2CC(Oc3ccc(COc4ncccn4)cc3)C2)c1Cn1cccc1. The summed E-state index contributed by atoms with van der Waals surface area (Å²) in [6.45, 7) is 2.27. The number of aromatic carboxylic acids is 1. The molecule has 2 aromatic carbocycles. The minimum absolute atomic E-state index is 0.0349. The highest BCUT2D eigenvalue weighted by atomic mass is 16.5. The second-order valence-electron chi connectivity index (χ2n) is 8.07. The molecule has 3 heterocycles. The predicted molar refractivity (Wildman–Crippen MR) is 126 cm³/mol. The van der Waals surface area contributed by atoms with Gasteiger partial charge in [0.25, 0.3) is 0 Å². The summed E-state index contributed by atoms with van der Waals surface area (Å²) in [6.07, 6.45) is 7.19. The van der Waals surface area contributed by atoms with Gasteiger partial charge in [0.15, 0.2) is 0 Å². The molecule has 0 spiro atoms. The molecule has 2 aromatic heterocycles. The van der Waals surface area contributed by atoms with E-state index >= 15 is 0 Å². The van der Waals surface area contributed by atoms with Crippen molar-refractivity contribution in [1.82, 2.24) is 14.5 Å². The fourth-order valence-electron chi connectivity index (χ4n) is 3.97. The molecule has 0 unspecified atom stereocenters. The van der Waals surface area contributed by atoms with Gasteiger partial charge in [0, 0.05) is 42.6 Å². The number of benzene rings is 2. The first kappa shape index (κ1) is 21.5. The largest absolute Gasteiger partial charge is 0.487 e. The summed E-state index contributed by atoms with van der Waals surface area (Å²) in [5.41, 5.74) is 3.06. The van der Waals surface area contributed by atoms with Crippen LogP contribution in [0, 0.1) is 0 Å². The van der Waals surface area contributed by atoms with Gasteiger partial charge in [0.05, 0.1) is 18.7 Å². The lowest BCUT2D eigenvalue weighted by atomic mass is 10.0. The van der Waals surface area contributed by atoms with E-state index in [-0.39, 0.29) is 6.10 Å². The summed E-state index contributed by atoms with van der Waals surface area (Å²) < 4.78 is 13.7. The maximum Gasteiger partial charge on any atom is 0.336 e. The number of ether oxygens (including phenoxy) is 2. The molecule has 1 N–H and O–H groups in total. The Morgan fingerprint density at radius 3 is 2.41 bits per heavy atom. The van der Waals surface area contributed by atoms with Gasteiger partial charge >= 0.3 is 12.0 Å². The molecule has 34 heavy (non-hydrogen) atoms. The monoisotopic (exact) mass is 456 g/mol. The Morgan fingerprint density at radius 1 is 0.971 bits per heavy atom. The molecule has 172 valence electrons. The molecule has 8 heteroatoms. The fourth-order valence-corrected chi connectivity index (χ4v) is 3.97. The van der Waals surface area contributed by atoms with Crippen LogP contribution in [-0.2, 0) is 13.2 Å². The molecule has 0 radical (unpaired) electrons. The molecule has 0 saturated carbocycles. The Labute approximate surface area is 197 Å². The molecular weight excluding hydrogens is 432 g/mol. The van der Waals surface area contributed by atoms with Crippen molar-refractivity contribution >= 4 is 11.7 Å². The number of nitrogens with zero attached hydrogens (tertiary/aromatic N) is 4. The molecule has 1 aliphatic heterocycles. The first-order chi connectivity index (χ1) is 16.7. The number of hydrogen-bond acceptors (Lipinski definition) is 6. The van der Waals surface area contributed by atoms with Crippen LogP contribution in [0.1, 0.15) is 21.5 Å². The summed E-state index contributed by atoms with van der Waals surface area (Å²) in [4.78, 5) is 22.1. The average molecular weight is 457 g/mol. The van der Waals surface area contributed by atoms with Crippen molar-refractivity contribution in [3.8, 4) is 11.8 Å². The summed E-state index contributed by atoms with van der Waals surface area (Å²) in [5.74, 6) is -0.128. The van der Waals surface area contributed by atoms with Crippen LogP contribution in [0.4, 0.5) is 5.69 Å². The zero-order valence-electron chi connectivity index (χ0n) is 18.4. The van der Waals surface area contributed by atoms with Crippen molar-refractivity contribution < 1.29 is 19.4 Å². The molecule has 8 nitrogen and oxygen atoms in total. The zero-order valence-corrected chi connectivity index (χ0v) is 18.4. The maximum absolute atomic E-state index is 11.8. The second kappa shape index (κ2) is 9.66. The number of carbonyl (C=O) groups is 1. The highest BCUT2D eigenvalue weighted by molar-refractivity contribution is 5.91. The Bertz CT molecular complexity index is 1240. The van der Waals surface area contributed by atoms with Crippen molar-refractivity contribution in [2.75, 3.05) is 18.0 Å². The van der Waals surface area contributed by atoms with E-state index in [1.165, 1.54) is 0 Å². The lowest BCUT2D eigenvalue weighted by Gasteiger charge is -2.41. The smallest absolute Gasteiger partial charge is 0.336 e. The predicted octanol–water partition coefficient (Wildman–Crippen LogP) is 3.87. The number of hydrogen-bond donors (Lipinski definition) is 1. The van der Waals surface area contributed by atoms with Gasteiger partial charge in [-0.3, -0.25) is 0 Å². The van der Waals surface area contributed by atoms with E-state index in [1.54, 1.807) is 30.6 Å². The molecule has 5 rings (SSSR count). The first-order valence-electron chi connectivity index (χ1n) is 11.0. The van der Waals surface area contributed by atoms with Crippen LogP contribution >= 0.6 is 0 Å². The maximum atomic E-state index is 11.8. The Morgan fingerprint density at radius 2 is 1.71 bits per heavy atom. The highest BCUT2D eigenvalue weighted by Crippen LogP contribution is 2.30. The van der Waals surface area contributed by atoms with Crippen LogP contribution in [-0.4, -0.2) is 44.8 Å². The number of carboxylic acids is 1. The van der Waals surface area contributed by atoms with Crippen LogP contribution in [0.15, 0.2) is 85.5 Å². The van der Waals surface area contributed by atoms with Crippen molar-refractivity contribution in [2.24, 2.45) is 0 Å². The number of anilines is 1. The van der Waals surface area contributed by atoms with Crippen molar-refractivity contribution in [3.63, 3.8) is 0 Å². The van der Waals surface area contributed by atoms with E-state index in [2.05, 4.69) is 14.9 Å². The molecule has 1 saturated heterocycles. The summed E-state index contributed by atoms with van der Waals surface area (Å²) in [6, 6.07) is 19.2. The third kappa shape index (κ3) is 4.85. The average Bonchev–Trinajstić information content (AvgIpc) is 3.35. The second-order valence-corrected chi connectivity index (χ2v) is 8.07. The van der Waals surface area contributed by atoms with Gasteiger partial charge in [-0.25, -0.2) is 14.8 Å². The van der Waals surface area contributed by atoms with Crippen LogP contribution in [0.2, 0.25) is 0 Å². The Hall–Kier alpha value is -4.33. The summed E-state index contributed by atoms with van der Waals surface area (Å²) in [5, 5.41) is 9.70. The van der Waals surface area contributed by atoms with Crippen LogP contribution in [0.25, 0.3) is 0 Å². The van der Waals surface area contributed by atoms with Gasteiger partial charge in [0.2, 0.25) is 0 Å². The van der Waals surface area contributed by atoms with Crippen LogP contribution in [0.3, 0.4) is 0 Å². The van der Waals surface area contributed by atoms with Crippen LogP contribution < -0.4 is 14.4 Å². The van der Waals surface area contributed by atoms with Crippen molar-refractivity contribution in [3.05, 3.63) is 102 Å². The number of aromatic nitrogens is 3. The third-order valence-electron chi connectivity index (χ3n) is 5.71. The standard InChI is InChI=1S/C26H24N4O4/c31-25(32)22-5-3-6-24(23(22)17-29-13-1-2-14-29)30-15-21(16-30)34-20-9-7-19(8-10-20)18-33-26-27-11-4-12-28-26/h1-14,21H,15-18H2,(H,31,32). The topological polar surface area (TPSA) is 89.7 Å². The van der Waals surface area contributed by atoms with Gasteiger partial charge in [-0.15, -0.1) is 0 Å². The van der Waals surface area contributed by atoms with E-state index < -0.39 is 5.97 Å². The lowest BCUT2D eigenvalue weighted by molar-refractivity contribution is 0.0695.